The molecule has 1 unspecified atom stereocenters. The summed E-state index contributed by atoms with van der Waals surface area (Å²) < 4.78 is 28.8. The van der Waals surface area contributed by atoms with Gasteiger partial charge < -0.3 is 4.90 Å². The lowest BCUT2D eigenvalue weighted by molar-refractivity contribution is 0.338. The number of likely N-dealkylation sites (N-methyl/N-ethyl adjacent to an activating group) is 1. The highest BCUT2D eigenvalue weighted by Gasteiger charge is 2.41. The Balaban J connectivity index is 1.75. The van der Waals surface area contributed by atoms with Gasteiger partial charge in [-0.2, -0.15) is 0 Å². The van der Waals surface area contributed by atoms with E-state index in [4.69, 9.17) is 0 Å². The first kappa shape index (κ1) is 17.3. The van der Waals surface area contributed by atoms with Crippen LogP contribution in [0.15, 0.2) is 70.9 Å². The number of pyridine rings is 1. The first-order chi connectivity index (χ1) is 13.5. The third kappa shape index (κ3) is 2.44. The van der Waals surface area contributed by atoms with Crippen LogP contribution in [0.25, 0.3) is 11.8 Å². The average molecular weight is 391 g/mol. The first-order valence-electron chi connectivity index (χ1n) is 9.38. The fourth-order valence-corrected chi connectivity index (χ4v) is 5.79. The van der Waals surface area contributed by atoms with Crippen LogP contribution in [-0.2, 0) is 10.0 Å². The van der Waals surface area contributed by atoms with Crippen molar-refractivity contribution in [2.45, 2.75) is 24.3 Å². The van der Waals surface area contributed by atoms with Crippen LogP contribution < -0.4 is 0 Å². The Morgan fingerprint density at radius 2 is 1.89 bits per heavy atom. The molecule has 1 atom stereocenters. The predicted molar refractivity (Wildman–Crippen MR) is 110 cm³/mol. The van der Waals surface area contributed by atoms with Gasteiger partial charge in [-0.25, -0.2) is 8.42 Å². The van der Waals surface area contributed by atoms with Crippen LogP contribution in [0.1, 0.15) is 23.2 Å². The third-order valence-corrected chi connectivity index (χ3v) is 7.52. The minimum absolute atomic E-state index is 0.173. The molecule has 28 heavy (non-hydrogen) atoms. The van der Waals surface area contributed by atoms with E-state index in [0.717, 1.165) is 34.4 Å². The molecule has 2 aromatic rings. The summed E-state index contributed by atoms with van der Waals surface area (Å²) in [5.41, 5.74) is 5.53. The fraction of sp³-hybridized carbons (Fsp3) is 0.227. The van der Waals surface area contributed by atoms with Crippen LogP contribution in [0, 0.1) is 6.92 Å². The normalized spacial score (nSPS) is 20.6. The fourth-order valence-electron chi connectivity index (χ4n) is 4.29. The van der Waals surface area contributed by atoms with E-state index in [0.29, 0.717) is 17.1 Å². The molecule has 0 fully saturated rings. The quantitative estimate of drug-likeness (QED) is 0.787. The van der Waals surface area contributed by atoms with E-state index < -0.39 is 10.0 Å². The summed E-state index contributed by atoms with van der Waals surface area (Å²) in [5.74, 6) is 0. The Bertz CT molecular complexity index is 1160. The lowest BCUT2D eigenvalue weighted by Crippen LogP contribution is -2.41. The molecule has 0 bridgehead atoms. The van der Waals surface area contributed by atoms with Crippen LogP contribution >= 0.6 is 0 Å². The molecule has 1 aliphatic carbocycles. The number of aromatic nitrogens is 1. The lowest BCUT2D eigenvalue weighted by atomic mass is 9.93. The van der Waals surface area contributed by atoms with Gasteiger partial charge in [0.1, 0.15) is 0 Å². The van der Waals surface area contributed by atoms with Crippen molar-refractivity contribution in [1.29, 1.82) is 0 Å². The molecule has 0 N–H and O–H groups in total. The van der Waals surface area contributed by atoms with Crippen molar-refractivity contribution < 1.29 is 8.42 Å². The van der Waals surface area contributed by atoms with Crippen molar-refractivity contribution in [2.24, 2.45) is 0 Å². The van der Waals surface area contributed by atoms with Gasteiger partial charge in [-0.1, -0.05) is 35.9 Å². The molecular weight excluding hydrogens is 370 g/mol. The molecule has 5 rings (SSSR count). The van der Waals surface area contributed by atoms with Gasteiger partial charge in [-0.05, 0) is 37.1 Å². The first-order valence-corrected chi connectivity index (χ1v) is 10.8. The van der Waals surface area contributed by atoms with E-state index in [-0.39, 0.29) is 6.04 Å². The minimum atomic E-state index is -3.68. The number of hydrogen-bond acceptors (Lipinski definition) is 4. The van der Waals surface area contributed by atoms with Gasteiger partial charge in [-0.3, -0.25) is 9.29 Å². The van der Waals surface area contributed by atoms with Crippen molar-refractivity contribution in [1.82, 2.24) is 14.2 Å². The number of benzene rings is 1. The molecule has 1 aromatic heterocycles. The Morgan fingerprint density at radius 3 is 2.68 bits per heavy atom. The smallest absolute Gasteiger partial charge is 0.264 e. The standard InChI is InChI=1S/C22H21N3O2S/c1-15-5-9-18(10-6-15)28(26,27)25-13-11-19-20-17(14-24(19)2)8-7-16-4-3-12-23-21(16)22(20)25/h3-10,12,14,19H,11,13H2,1-2H3. The number of aryl methyl sites for hydroxylation is 1. The lowest BCUT2D eigenvalue weighted by Gasteiger charge is -2.37. The SMILES string of the molecule is Cc1ccc(S(=O)(=O)N2CCC3C4=C2c2ncccc2C=CC4=CN3C)cc1. The van der Waals surface area contributed by atoms with Gasteiger partial charge >= 0.3 is 0 Å². The van der Waals surface area contributed by atoms with E-state index in [1.165, 1.54) is 0 Å². The molecule has 0 saturated heterocycles. The average Bonchev–Trinajstić information content (AvgIpc) is 2.92. The molecular formula is C22H21N3O2S. The second kappa shape index (κ2) is 6.07. The van der Waals surface area contributed by atoms with Crippen molar-refractivity contribution in [3.8, 4) is 0 Å². The zero-order chi connectivity index (χ0) is 19.5. The Hall–Kier alpha value is -2.86. The summed E-state index contributed by atoms with van der Waals surface area (Å²) >= 11 is 0. The third-order valence-electron chi connectivity index (χ3n) is 5.70. The summed E-state index contributed by atoms with van der Waals surface area (Å²) in [4.78, 5) is 7.09. The molecule has 1 aromatic carbocycles. The molecule has 3 heterocycles. The van der Waals surface area contributed by atoms with E-state index in [2.05, 4.69) is 22.2 Å². The second-order valence-electron chi connectivity index (χ2n) is 7.48. The van der Waals surface area contributed by atoms with Gasteiger partial charge in [0.25, 0.3) is 10.0 Å². The molecule has 6 heteroatoms. The van der Waals surface area contributed by atoms with E-state index in [9.17, 15) is 8.42 Å². The molecule has 2 aliphatic heterocycles. The largest absolute Gasteiger partial charge is 0.373 e. The number of allylic oxidation sites excluding steroid dienone is 1. The van der Waals surface area contributed by atoms with Crippen LogP contribution in [0.2, 0.25) is 0 Å². The zero-order valence-corrected chi connectivity index (χ0v) is 16.6. The predicted octanol–water partition coefficient (Wildman–Crippen LogP) is 3.42. The second-order valence-corrected chi connectivity index (χ2v) is 9.34. The van der Waals surface area contributed by atoms with Crippen LogP contribution in [0.3, 0.4) is 0 Å². The van der Waals surface area contributed by atoms with Crippen molar-refractivity contribution in [2.75, 3.05) is 13.6 Å². The van der Waals surface area contributed by atoms with Gasteiger partial charge in [0.05, 0.1) is 22.3 Å². The highest BCUT2D eigenvalue weighted by atomic mass is 32.2. The summed E-state index contributed by atoms with van der Waals surface area (Å²) in [6.45, 7) is 2.39. The molecule has 142 valence electrons. The molecule has 0 radical (unpaired) electrons. The highest BCUT2D eigenvalue weighted by molar-refractivity contribution is 7.89. The van der Waals surface area contributed by atoms with Crippen LogP contribution in [0.4, 0.5) is 0 Å². The molecule has 3 aliphatic rings. The number of sulfonamides is 1. The molecule has 5 nitrogen and oxygen atoms in total. The Kier molecular flexibility index (Phi) is 3.74. The van der Waals surface area contributed by atoms with E-state index in [1.54, 1.807) is 22.6 Å². The molecule has 0 spiro atoms. The van der Waals surface area contributed by atoms with Gasteiger partial charge in [0, 0.05) is 37.1 Å². The highest BCUT2D eigenvalue weighted by Crippen LogP contribution is 2.45. The number of hydrogen-bond donors (Lipinski definition) is 0. The Morgan fingerprint density at radius 1 is 1.11 bits per heavy atom. The summed E-state index contributed by atoms with van der Waals surface area (Å²) in [6, 6.07) is 11.1. The molecule has 0 amide bonds. The maximum Gasteiger partial charge on any atom is 0.264 e. The number of rotatable bonds is 2. The summed E-state index contributed by atoms with van der Waals surface area (Å²) in [7, 11) is -1.63. The van der Waals surface area contributed by atoms with Gasteiger partial charge in [0.15, 0.2) is 0 Å². The monoisotopic (exact) mass is 391 g/mol. The van der Waals surface area contributed by atoms with Gasteiger partial charge in [0.2, 0.25) is 0 Å². The number of nitrogens with zero attached hydrogens (tertiary/aromatic N) is 3. The van der Waals surface area contributed by atoms with E-state index >= 15 is 0 Å². The minimum Gasteiger partial charge on any atom is -0.373 e. The van der Waals surface area contributed by atoms with Crippen LogP contribution in [0.5, 0.6) is 0 Å². The Labute approximate surface area is 165 Å². The van der Waals surface area contributed by atoms with E-state index in [1.807, 2.05) is 44.3 Å². The number of fused-ring (bicyclic) bond motifs is 2. The summed E-state index contributed by atoms with van der Waals surface area (Å²) in [6.07, 6.45) is 8.68. The van der Waals surface area contributed by atoms with Crippen molar-refractivity contribution in [3.05, 3.63) is 82.8 Å². The maximum atomic E-state index is 13.6. The van der Waals surface area contributed by atoms with Gasteiger partial charge in [-0.15, -0.1) is 0 Å². The topological polar surface area (TPSA) is 53.5 Å². The summed E-state index contributed by atoms with van der Waals surface area (Å²) in [5, 5.41) is 0. The zero-order valence-electron chi connectivity index (χ0n) is 15.8. The molecule has 0 saturated carbocycles. The van der Waals surface area contributed by atoms with Crippen molar-refractivity contribution in [3.63, 3.8) is 0 Å². The maximum absolute atomic E-state index is 13.6. The van der Waals surface area contributed by atoms with Crippen LogP contribution in [-0.4, -0.2) is 42.2 Å². The van der Waals surface area contributed by atoms with Crippen molar-refractivity contribution >= 4 is 21.8 Å².